The van der Waals surface area contributed by atoms with Gasteiger partial charge in [0.15, 0.2) is 0 Å². The standard InChI is InChI=1S/C15H22BrFN2/c1-15(2,3)14(19-8-6-18-7-9-19)11-4-5-13(17)12(16)10-11/h4-5,10,14,18H,6-9H2,1-3H3/t14-/m1/s1. The lowest BCUT2D eigenvalue weighted by molar-refractivity contribution is 0.0861. The van der Waals surface area contributed by atoms with Gasteiger partial charge in [0, 0.05) is 32.2 Å². The van der Waals surface area contributed by atoms with E-state index < -0.39 is 0 Å². The van der Waals surface area contributed by atoms with Crippen LogP contribution in [0, 0.1) is 11.2 Å². The molecule has 1 atom stereocenters. The van der Waals surface area contributed by atoms with E-state index in [4.69, 9.17) is 0 Å². The van der Waals surface area contributed by atoms with E-state index in [2.05, 4.69) is 46.9 Å². The summed E-state index contributed by atoms with van der Waals surface area (Å²) in [4.78, 5) is 2.50. The van der Waals surface area contributed by atoms with Gasteiger partial charge in [0.2, 0.25) is 0 Å². The zero-order chi connectivity index (χ0) is 14.0. The highest BCUT2D eigenvalue weighted by Crippen LogP contribution is 2.39. The van der Waals surface area contributed by atoms with E-state index in [9.17, 15) is 4.39 Å². The number of halogens is 2. The van der Waals surface area contributed by atoms with Crippen molar-refractivity contribution in [2.45, 2.75) is 26.8 Å². The average Bonchev–Trinajstić information content (AvgIpc) is 2.34. The summed E-state index contributed by atoms with van der Waals surface area (Å²) in [6, 6.07) is 5.71. The summed E-state index contributed by atoms with van der Waals surface area (Å²) in [6.45, 7) is 10.9. The van der Waals surface area contributed by atoms with Gasteiger partial charge in [0.1, 0.15) is 5.82 Å². The number of benzene rings is 1. The molecule has 0 aromatic heterocycles. The molecule has 1 saturated heterocycles. The third-order valence-corrected chi connectivity index (χ3v) is 4.20. The van der Waals surface area contributed by atoms with Crippen LogP contribution in [0.1, 0.15) is 32.4 Å². The molecule has 1 aromatic rings. The van der Waals surface area contributed by atoms with Gasteiger partial charge in [-0.25, -0.2) is 4.39 Å². The molecule has 0 aliphatic carbocycles. The fourth-order valence-electron chi connectivity index (χ4n) is 2.88. The van der Waals surface area contributed by atoms with Crippen LogP contribution >= 0.6 is 15.9 Å². The highest BCUT2D eigenvalue weighted by atomic mass is 79.9. The highest BCUT2D eigenvalue weighted by molar-refractivity contribution is 9.10. The Hall–Kier alpha value is -0.450. The van der Waals surface area contributed by atoms with Gasteiger partial charge in [0.05, 0.1) is 4.47 Å². The van der Waals surface area contributed by atoms with Crippen molar-refractivity contribution in [3.05, 3.63) is 34.1 Å². The topological polar surface area (TPSA) is 15.3 Å². The molecular formula is C15H22BrFN2. The predicted octanol–water partition coefficient (Wildman–Crippen LogP) is 3.58. The van der Waals surface area contributed by atoms with Gasteiger partial charge in [-0.15, -0.1) is 0 Å². The molecule has 1 heterocycles. The second-order valence-corrected chi connectivity index (χ2v) is 7.08. The van der Waals surface area contributed by atoms with Crippen LogP contribution in [-0.2, 0) is 0 Å². The minimum Gasteiger partial charge on any atom is -0.314 e. The molecule has 0 unspecified atom stereocenters. The quantitative estimate of drug-likeness (QED) is 0.892. The Morgan fingerprint density at radius 3 is 2.42 bits per heavy atom. The smallest absolute Gasteiger partial charge is 0.137 e. The van der Waals surface area contributed by atoms with Crippen LogP contribution in [0.25, 0.3) is 0 Å². The van der Waals surface area contributed by atoms with Crippen molar-refractivity contribution >= 4 is 15.9 Å². The molecule has 4 heteroatoms. The first-order chi connectivity index (χ1) is 8.89. The largest absolute Gasteiger partial charge is 0.314 e. The van der Waals surface area contributed by atoms with E-state index in [0.717, 1.165) is 26.2 Å². The van der Waals surface area contributed by atoms with Crippen molar-refractivity contribution in [2.24, 2.45) is 5.41 Å². The van der Waals surface area contributed by atoms with Crippen molar-refractivity contribution in [3.8, 4) is 0 Å². The molecule has 0 saturated carbocycles. The fourth-order valence-corrected chi connectivity index (χ4v) is 3.28. The summed E-state index contributed by atoms with van der Waals surface area (Å²) >= 11 is 3.30. The Labute approximate surface area is 123 Å². The van der Waals surface area contributed by atoms with Crippen LogP contribution in [0.2, 0.25) is 0 Å². The molecule has 1 aliphatic heterocycles. The molecule has 1 aliphatic rings. The summed E-state index contributed by atoms with van der Waals surface area (Å²) in [6.07, 6.45) is 0. The van der Waals surface area contributed by atoms with E-state index in [0.29, 0.717) is 10.5 Å². The number of hydrogen-bond donors (Lipinski definition) is 1. The lowest BCUT2D eigenvalue weighted by atomic mass is 9.81. The summed E-state index contributed by atoms with van der Waals surface area (Å²) in [5.74, 6) is -0.197. The van der Waals surface area contributed by atoms with Crippen LogP contribution in [0.5, 0.6) is 0 Å². The van der Waals surface area contributed by atoms with Gasteiger partial charge >= 0.3 is 0 Å². The van der Waals surface area contributed by atoms with Crippen LogP contribution in [0.3, 0.4) is 0 Å². The van der Waals surface area contributed by atoms with E-state index >= 15 is 0 Å². The van der Waals surface area contributed by atoms with Gasteiger partial charge < -0.3 is 5.32 Å². The van der Waals surface area contributed by atoms with Crippen molar-refractivity contribution in [2.75, 3.05) is 26.2 Å². The average molecular weight is 329 g/mol. The van der Waals surface area contributed by atoms with Crippen LogP contribution in [-0.4, -0.2) is 31.1 Å². The fraction of sp³-hybridized carbons (Fsp3) is 0.600. The summed E-state index contributed by atoms with van der Waals surface area (Å²) < 4.78 is 14.0. The van der Waals surface area contributed by atoms with Gasteiger partial charge in [-0.1, -0.05) is 26.8 Å². The molecule has 2 rings (SSSR count). The normalized spacial score (nSPS) is 19.4. The maximum absolute atomic E-state index is 13.4. The first-order valence-electron chi connectivity index (χ1n) is 6.79. The molecule has 0 radical (unpaired) electrons. The van der Waals surface area contributed by atoms with Gasteiger partial charge in [-0.05, 0) is 39.0 Å². The molecule has 1 fully saturated rings. The Morgan fingerprint density at radius 1 is 1.26 bits per heavy atom. The van der Waals surface area contributed by atoms with Gasteiger partial charge in [0.25, 0.3) is 0 Å². The predicted molar refractivity (Wildman–Crippen MR) is 80.7 cm³/mol. The third-order valence-electron chi connectivity index (χ3n) is 3.60. The zero-order valence-electron chi connectivity index (χ0n) is 11.8. The number of nitrogens with one attached hydrogen (secondary N) is 1. The van der Waals surface area contributed by atoms with Crippen molar-refractivity contribution < 1.29 is 4.39 Å². The Kier molecular flexibility index (Phi) is 4.64. The number of rotatable bonds is 2. The lowest BCUT2D eigenvalue weighted by Crippen LogP contribution is -2.48. The minimum absolute atomic E-state index is 0.120. The van der Waals surface area contributed by atoms with E-state index in [-0.39, 0.29) is 11.2 Å². The van der Waals surface area contributed by atoms with E-state index in [1.807, 2.05) is 12.1 Å². The molecular weight excluding hydrogens is 307 g/mol. The van der Waals surface area contributed by atoms with Crippen LogP contribution in [0.4, 0.5) is 4.39 Å². The molecule has 0 amide bonds. The van der Waals surface area contributed by atoms with E-state index in [1.54, 1.807) is 6.07 Å². The van der Waals surface area contributed by atoms with Crippen molar-refractivity contribution in [1.82, 2.24) is 10.2 Å². The number of piperazine rings is 1. The highest BCUT2D eigenvalue weighted by Gasteiger charge is 2.32. The molecule has 1 aromatic carbocycles. The molecule has 19 heavy (non-hydrogen) atoms. The van der Waals surface area contributed by atoms with E-state index in [1.165, 1.54) is 5.56 Å². The molecule has 2 nitrogen and oxygen atoms in total. The molecule has 0 bridgehead atoms. The monoisotopic (exact) mass is 328 g/mol. The van der Waals surface area contributed by atoms with Crippen molar-refractivity contribution in [3.63, 3.8) is 0 Å². The van der Waals surface area contributed by atoms with Crippen molar-refractivity contribution in [1.29, 1.82) is 0 Å². The summed E-state index contributed by atoms with van der Waals surface area (Å²) in [5, 5.41) is 3.38. The molecule has 106 valence electrons. The van der Waals surface area contributed by atoms with Crippen LogP contribution in [0.15, 0.2) is 22.7 Å². The first kappa shape index (κ1) is 14.9. The number of nitrogens with zero attached hydrogens (tertiary/aromatic N) is 1. The first-order valence-corrected chi connectivity index (χ1v) is 7.58. The SMILES string of the molecule is CC(C)(C)[C@@H](c1ccc(F)c(Br)c1)N1CCNCC1. The Balaban J connectivity index is 2.33. The Bertz CT molecular complexity index is 436. The lowest BCUT2D eigenvalue weighted by Gasteiger charge is -2.42. The second kappa shape index (κ2) is 5.90. The molecule has 1 N–H and O–H groups in total. The maximum Gasteiger partial charge on any atom is 0.137 e. The Morgan fingerprint density at radius 2 is 1.89 bits per heavy atom. The minimum atomic E-state index is -0.197. The molecule has 0 spiro atoms. The van der Waals surface area contributed by atoms with Gasteiger partial charge in [-0.2, -0.15) is 0 Å². The maximum atomic E-state index is 13.4. The summed E-state index contributed by atoms with van der Waals surface area (Å²) in [7, 11) is 0. The van der Waals surface area contributed by atoms with Crippen LogP contribution < -0.4 is 5.32 Å². The summed E-state index contributed by atoms with van der Waals surface area (Å²) in [5.41, 5.74) is 1.30. The second-order valence-electron chi connectivity index (χ2n) is 6.23. The zero-order valence-corrected chi connectivity index (χ0v) is 13.4. The van der Waals surface area contributed by atoms with Gasteiger partial charge in [-0.3, -0.25) is 4.90 Å². The number of hydrogen-bond acceptors (Lipinski definition) is 2. The third kappa shape index (κ3) is 3.56.